The van der Waals surface area contributed by atoms with E-state index in [2.05, 4.69) is 9.97 Å². The van der Waals surface area contributed by atoms with Crippen molar-refractivity contribution in [1.29, 1.82) is 0 Å². The lowest BCUT2D eigenvalue weighted by Gasteiger charge is -2.07. The van der Waals surface area contributed by atoms with Gasteiger partial charge in [-0.15, -0.1) is 11.6 Å². The monoisotopic (exact) mass is 278 g/mol. The van der Waals surface area contributed by atoms with Gasteiger partial charge in [-0.05, 0) is 5.56 Å². The zero-order chi connectivity index (χ0) is 13.7. The van der Waals surface area contributed by atoms with Gasteiger partial charge in [0.25, 0.3) is 5.56 Å². The van der Waals surface area contributed by atoms with Crippen LogP contribution in [0.1, 0.15) is 21.9 Å². The summed E-state index contributed by atoms with van der Waals surface area (Å²) in [4.78, 5) is 29.0. The number of rotatable bonds is 5. The molecule has 1 N–H and O–H groups in total. The fourth-order valence-electron chi connectivity index (χ4n) is 1.54. The second-order valence-corrected chi connectivity index (χ2v) is 4.02. The molecule has 0 saturated heterocycles. The van der Waals surface area contributed by atoms with Crippen LogP contribution in [0.4, 0.5) is 0 Å². The van der Waals surface area contributed by atoms with Gasteiger partial charge in [-0.3, -0.25) is 9.59 Å². The normalized spacial score (nSPS) is 10.2. The van der Waals surface area contributed by atoms with Crippen LogP contribution in [0.25, 0.3) is 0 Å². The number of halogens is 1. The molecular weight excluding hydrogens is 268 g/mol. The Morgan fingerprint density at radius 1 is 1.32 bits per heavy atom. The van der Waals surface area contributed by atoms with E-state index in [4.69, 9.17) is 16.3 Å². The van der Waals surface area contributed by atoms with Gasteiger partial charge in [0.2, 0.25) is 5.75 Å². The Morgan fingerprint density at radius 3 is 2.68 bits per heavy atom. The first kappa shape index (κ1) is 13.3. The fourth-order valence-corrected chi connectivity index (χ4v) is 1.67. The molecule has 0 amide bonds. The highest BCUT2D eigenvalue weighted by molar-refractivity contribution is 6.16. The molecule has 0 aliphatic heterocycles. The van der Waals surface area contributed by atoms with E-state index in [0.717, 1.165) is 5.56 Å². The minimum atomic E-state index is -0.510. The van der Waals surface area contributed by atoms with Crippen LogP contribution in [0.2, 0.25) is 0 Å². The van der Waals surface area contributed by atoms with E-state index in [0.29, 0.717) is 6.29 Å². The molecule has 6 heteroatoms. The number of aldehydes is 1. The second-order valence-electron chi connectivity index (χ2n) is 3.75. The number of nitrogens with one attached hydrogen (secondary N) is 1. The van der Waals surface area contributed by atoms with Gasteiger partial charge >= 0.3 is 0 Å². The van der Waals surface area contributed by atoms with Crippen LogP contribution < -0.4 is 10.3 Å². The number of carbonyl (C=O) groups is 1. The molecule has 0 saturated carbocycles. The smallest absolute Gasteiger partial charge is 0.294 e. The Balaban J connectivity index is 2.25. The van der Waals surface area contributed by atoms with Crippen molar-refractivity contribution in [2.45, 2.75) is 12.5 Å². The molecule has 0 unspecified atom stereocenters. The van der Waals surface area contributed by atoms with Crippen LogP contribution in [0.3, 0.4) is 0 Å². The standard InChI is InChI=1S/C13H11ClN2O3/c14-6-11-15-10(7-17)12(13(18)16-11)19-8-9-4-2-1-3-5-9/h1-5,7H,6,8H2,(H,15,16,18). The van der Waals surface area contributed by atoms with Gasteiger partial charge in [0.15, 0.2) is 12.0 Å². The van der Waals surface area contributed by atoms with Crippen molar-refractivity contribution < 1.29 is 9.53 Å². The molecule has 0 aliphatic carbocycles. The fraction of sp³-hybridized carbons (Fsp3) is 0.154. The molecule has 98 valence electrons. The summed E-state index contributed by atoms with van der Waals surface area (Å²) >= 11 is 5.56. The molecule has 1 heterocycles. The SMILES string of the molecule is O=Cc1nc(CCl)[nH]c(=O)c1OCc1ccccc1. The summed E-state index contributed by atoms with van der Waals surface area (Å²) in [5.41, 5.74) is 0.333. The molecular formula is C13H11ClN2O3. The number of aromatic amines is 1. The first-order chi connectivity index (χ1) is 9.24. The van der Waals surface area contributed by atoms with Gasteiger partial charge in [-0.1, -0.05) is 30.3 Å². The molecule has 0 atom stereocenters. The van der Waals surface area contributed by atoms with Crippen molar-refractivity contribution in [3.05, 3.63) is 57.8 Å². The van der Waals surface area contributed by atoms with Crippen molar-refractivity contribution in [3.63, 3.8) is 0 Å². The van der Waals surface area contributed by atoms with Gasteiger partial charge in [0.05, 0.1) is 5.88 Å². The number of nitrogens with zero attached hydrogens (tertiary/aromatic N) is 1. The van der Waals surface area contributed by atoms with E-state index < -0.39 is 5.56 Å². The third-order valence-corrected chi connectivity index (χ3v) is 2.67. The lowest BCUT2D eigenvalue weighted by Crippen LogP contribution is -2.17. The molecule has 0 spiro atoms. The third-order valence-electron chi connectivity index (χ3n) is 2.42. The molecule has 2 aromatic rings. The number of carbonyl (C=O) groups excluding carboxylic acids is 1. The number of alkyl halides is 1. The molecule has 19 heavy (non-hydrogen) atoms. The third kappa shape index (κ3) is 3.20. The zero-order valence-corrected chi connectivity index (χ0v) is 10.7. The summed E-state index contributed by atoms with van der Waals surface area (Å²) < 4.78 is 5.36. The molecule has 0 radical (unpaired) electrons. The van der Waals surface area contributed by atoms with Gasteiger partial charge in [-0.2, -0.15) is 0 Å². The van der Waals surface area contributed by atoms with E-state index in [1.165, 1.54) is 0 Å². The number of H-pyrrole nitrogens is 1. The molecule has 0 bridgehead atoms. The quantitative estimate of drug-likeness (QED) is 0.670. The molecule has 1 aromatic heterocycles. The lowest BCUT2D eigenvalue weighted by molar-refractivity contribution is 0.111. The number of hydrogen-bond acceptors (Lipinski definition) is 4. The Kier molecular flexibility index (Phi) is 4.30. The number of aromatic nitrogens is 2. The van der Waals surface area contributed by atoms with Crippen LogP contribution in [0.5, 0.6) is 5.75 Å². The maximum atomic E-state index is 11.8. The highest BCUT2D eigenvalue weighted by Crippen LogP contribution is 2.11. The van der Waals surface area contributed by atoms with Crippen molar-refractivity contribution >= 4 is 17.9 Å². The van der Waals surface area contributed by atoms with Crippen LogP contribution in [-0.2, 0) is 12.5 Å². The molecule has 0 fully saturated rings. The maximum absolute atomic E-state index is 11.8. The summed E-state index contributed by atoms with van der Waals surface area (Å²) in [6, 6.07) is 9.31. The van der Waals surface area contributed by atoms with Crippen LogP contribution >= 0.6 is 11.6 Å². The minimum Gasteiger partial charge on any atom is -0.481 e. The van der Waals surface area contributed by atoms with Gasteiger partial charge < -0.3 is 9.72 Å². The summed E-state index contributed by atoms with van der Waals surface area (Å²) in [5, 5.41) is 0. The zero-order valence-electron chi connectivity index (χ0n) is 9.93. The summed E-state index contributed by atoms with van der Waals surface area (Å²) in [6.45, 7) is 0.187. The highest BCUT2D eigenvalue weighted by atomic mass is 35.5. The van der Waals surface area contributed by atoms with E-state index in [-0.39, 0.29) is 29.8 Å². The van der Waals surface area contributed by atoms with E-state index in [9.17, 15) is 9.59 Å². The van der Waals surface area contributed by atoms with E-state index in [1.807, 2.05) is 30.3 Å². The Labute approximate surface area is 114 Å². The van der Waals surface area contributed by atoms with Crippen LogP contribution in [-0.4, -0.2) is 16.3 Å². The molecule has 0 aliphatic rings. The van der Waals surface area contributed by atoms with Crippen molar-refractivity contribution in [1.82, 2.24) is 9.97 Å². The maximum Gasteiger partial charge on any atom is 0.294 e. The number of benzene rings is 1. The topological polar surface area (TPSA) is 72.0 Å². The van der Waals surface area contributed by atoms with Crippen molar-refractivity contribution in [2.24, 2.45) is 0 Å². The predicted octanol–water partition coefficient (Wildman–Crippen LogP) is 1.90. The minimum absolute atomic E-state index is 0.0229. The first-order valence-corrected chi connectivity index (χ1v) is 6.09. The Morgan fingerprint density at radius 2 is 2.05 bits per heavy atom. The Bertz CT molecular complexity index is 626. The van der Waals surface area contributed by atoms with Gasteiger partial charge in [0.1, 0.15) is 12.4 Å². The molecule has 1 aromatic carbocycles. The van der Waals surface area contributed by atoms with Gasteiger partial charge in [-0.25, -0.2) is 4.98 Å². The highest BCUT2D eigenvalue weighted by Gasteiger charge is 2.12. The van der Waals surface area contributed by atoms with E-state index in [1.54, 1.807) is 0 Å². The summed E-state index contributed by atoms with van der Waals surface area (Å²) in [7, 11) is 0. The van der Waals surface area contributed by atoms with Crippen molar-refractivity contribution in [2.75, 3.05) is 0 Å². The average molecular weight is 279 g/mol. The van der Waals surface area contributed by atoms with E-state index >= 15 is 0 Å². The Hall–Kier alpha value is -2.14. The first-order valence-electron chi connectivity index (χ1n) is 5.55. The molecule has 5 nitrogen and oxygen atoms in total. The predicted molar refractivity (Wildman–Crippen MR) is 70.6 cm³/mol. The number of hydrogen-bond donors (Lipinski definition) is 1. The summed E-state index contributed by atoms with van der Waals surface area (Å²) in [6.07, 6.45) is 0.478. The van der Waals surface area contributed by atoms with Gasteiger partial charge in [0, 0.05) is 0 Å². The lowest BCUT2D eigenvalue weighted by atomic mass is 10.2. The van der Waals surface area contributed by atoms with Crippen LogP contribution in [0.15, 0.2) is 35.1 Å². The molecule has 2 rings (SSSR count). The summed E-state index contributed by atoms with van der Waals surface area (Å²) in [5.74, 6) is 0.170. The van der Waals surface area contributed by atoms with Crippen LogP contribution in [0, 0.1) is 0 Å². The number of ether oxygens (including phenoxy) is 1. The average Bonchev–Trinajstić information content (AvgIpc) is 2.46. The van der Waals surface area contributed by atoms with Crippen molar-refractivity contribution in [3.8, 4) is 5.75 Å². The largest absolute Gasteiger partial charge is 0.481 e. The second kappa shape index (κ2) is 6.15.